The molecule has 15 heavy (non-hydrogen) atoms. The van der Waals surface area contributed by atoms with Crippen LogP contribution in [0.25, 0.3) is 0 Å². The van der Waals surface area contributed by atoms with Gasteiger partial charge in [-0.2, -0.15) is 5.10 Å². The predicted molar refractivity (Wildman–Crippen MR) is 60.0 cm³/mol. The SMILES string of the molecule is C[NH+]1CCN(/N=C\c2cccnc2)CC1. The molecule has 4 nitrogen and oxygen atoms in total. The van der Waals surface area contributed by atoms with Crippen molar-refractivity contribution in [2.24, 2.45) is 5.10 Å². The molecule has 1 N–H and O–H groups in total. The number of piperazine rings is 1. The van der Waals surface area contributed by atoms with Crippen LogP contribution in [0.1, 0.15) is 5.56 Å². The van der Waals surface area contributed by atoms with Gasteiger partial charge in [-0.1, -0.05) is 6.07 Å². The Morgan fingerprint density at radius 1 is 1.47 bits per heavy atom. The summed E-state index contributed by atoms with van der Waals surface area (Å²) in [5.74, 6) is 0. The zero-order valence-electron chi connectivity index (χ0n) is 9.06. The van der Waals surface area contributed by atoms with E-state index in [2.05, 4.69) is 22.1 Å². The third-order valence-electron chi connectivity index (χ3n) is 2.65. The first-order valence-electron chi connectivity index (χ1n) is 5.35. The maximum atomic E-state index is 4.44. The van der Waals surface area contributed by atoms with Crippen molar-refractivity contribution in [3.8, 4) is 0 Å². The predicted octanol–water partition coefficient (Wildman–Crippen LogP) is -0.754. The maximum Gasteiger partial charge on any atom is 0.0964 e. The number of pyridine rings is 1. The number of aromatic nitrogens is 1. The summed E-state index contributed by atoms with van der Waals surface area (Å²) in [6, 6.07) is 3.94. The van der Waals surface area contributed by atoms with E-state index >= 15 is 0 Å². The Kier molecular flexibility index (Phi) is 3.29. The van der Waals surface area contributed by atoms with E-state index in [0.717, 1.165) is 18.7 Å². The molecule has 4 heteroatoms. The van der Waals surface area contributed by atoms with Crippen LogP contribution < -0.4 is 4.90 Å². The quantitative estimate of drug-likeness (QED) is 0.644. The van der Waals surface area contributed by atoms with Gasteiger partial charge < -0.3 is 4.90 Å². The average Bonchev–Trinajstić information content (AvgIpc) is 2.30. The van der Waals surface area contributed by atoms with E-state index in [1.165, 1.54) is 13.1 Å². The number of hydrogen-bond donors (Lipinski definition) is 1. The molecule has 0 amide bonds. The molecule has 1 fully saturated rings. The Morgan fingerprint density at radius 3 is 2.93 bits per heavy atom. The number of nitrogens with zero attached hydrogens (tertiary/aromatic N) is 3. The summed E-state index contributed by atoms with van der Waals surface area (Å²) in [6.07, 6.45) is 5.48. The van der Waals surface area contributed by atoms with Crippen molar-refractivity contribution in [3.05, 3.63) is 30.1 Å². The van der Waals surface area contributed by atoms with Crippen molar-refractivity contribution < 1.29 is 4.90 Å². The zero-order valence-corrected chi connectivity index (χ0v) is 9.06. The fourth-order valence-electron chi connectivity index (χ4n) is 1.59. The van der Waals surface area contributed by atoms with Gasteiger partial charge in [0.25, 0.3) is 0 Å². The highest BCUT2D eigenvalue weighted by Crippen LogP contribution is 1.94. The van der Waals surface area contributed by atoms with E-state index in [1.54, 1.807) is 11.1 Å². The second-order valence-electron chi connectivity index (χ2n) is 3.94. The summed E-state index contributed by atoms with van der Waals surface area (Å²) in [5.41, 5.74) is 1.06. The van der Waals surface area contributed by atoms with E-state index in [4.69, 9.17) is 0 Å². The smallest absolute Gasteiger partial charge is 0.0964 e. The molecule has 0 aromatic carbocycles. The second kappa shape index (κ2) is 4.89. The van der Waals surface area contributed by atoms with Gasteiger partial charge in [-0.15, -0.1) is 0 Å². The standard InChI is InChI=1S/C11H16N4/c1-14-5-7-15(8-6-14)13-10-11-3-2-4-12-9-11/h2-4,9-10H,5-8H2,1H3/p+1/b13-10-. The molecule has 0 radical (unpaired) electrons. The van der Waals surface area contributed by atoms with Gasteiger partial charge in [-0.3, -0.25) is 9.99 Å². The Bertz CT molecular complexity index is 315. The molecule has 2 heterocycles. The van der Waals surface area contributed by atoms with Crippen molar-refractivity contribution in [2.75, 3.05) is 33.2 Å². The van der Waals surface area contributed by atoms with Crippen molar-refractivity contribution in [3.63, 3.8) is 0 Å². The fourth-order valence-corrected chi connectivity index (χ4v) is 1.59. The highest BCUT2D eigenvalue weighted by atomic mass is 15.5. The van der Waals surface area contributed by atoms with Crippen molar-refractivity contribution in [1.82, 2.24) is 9.99 Å². The first-order chi connectivity index (χ1) is 7.34. The summed E-state index contributed by atoms with van der Waals surface area (Å²) < 4.78 is 0. The maximum absolute atomic E-state index is 4.44. The highest BCUT2D eigenvalue weighted by Gasteiger charge is 2.13. The normalized spacial score (nSPS) is 18.6. The molecule has 0 spiro atoms. The number of hydrogen-bond acceptors (Lipinski definition) is 3. The second-order valence-corrected chi connectivity index (χ2v) is 3.94. The lowest BCUT2D eigenvalue weighted by molar-refractivity contribution is -0.884. The van der Waals surface area contributed by atoms with Gasteiger partial charge in [0.1, 0.15) is 0 Å². The summed E-state index contributed by atoms with van der Waals surface area (Å²) in [6.45, 7) is 4.43. The van der Waals surface area contributed by atoms with Gasteiger partial charge in [0.05, 0.1) is 39.4 Å². The molecular formula is C11H17N4+. The minimum Gasteiger partial charge on any atom is -0.334 e. The molecule has 1 aromatic rings. The van der Waals surface area contributed by atoms with Gasteiger partial charge in [0, 0.05) is 18.0 Å². The van der Waals surface area contributed by atoms with Gasteiger partial charge in [0.2, 0.25) is 0 Å². The first kappa shape index (κ1) is 10.1. The van der Waals surface area contributed by atoms with Crippen LogP contribution in [0.15, 0.2) is 29.6 Å². The first-order valence-corrected chi connectivity index (χ1v) is 5.35. The average molecular weight is 205 g/mol. The molecule has 2 rings (SSSR count). The third-order valence-corrected chi connectivity index (χ3v) is 2.65. The van der Waals surface area contributed by atoms with Crippen molar-refractivity contribution in [1.29, 1.82) is 0 Å². The molecule has 0 saturated carbocycles. The number of rotatable bonds is 2. The Morgan fingerprint density at radius 2 is 2.27 bits per heavy atom. The highest BCUT2D eigenvalue weighted by molar-refractivity contribution is 5.78. The topological polar surface area (TPSA) is 32.9 Å². The van der Waals surface area contributed by atoms with E-state index in [9.17, 15) is 0 Å². The zero-order chi connectivity index (χ0) is 10.5. The van der Waals surface area contributed by atoms with Crippen LogP contribution in [0.5, 0.6) is 0 Å². The lowest BCUT2D eigenvalue weighted by Gasteiger charge is -2.27. The van der Waals surface area contributed by atoms with Gasteiger partial charge >= 0.3 is 0 Å². The number of nitrogens with one attached hydrogen (secondary N) is 1. The van der Waals surface area contributed by atoms with Crippen LogP contribution in [0.4, 0.5) is 0 Å². The van der Waals surface area contributed by atoms with Crippen molar-refractivity contribution >= 4 is 6.21 Å². The molecule has 1 saturated heterocycles. The monoisotopic (exact) mass is 205 g/mol. The lowest BCUT2D eigenvalue weighted by atomic mass is 10.3. The Labute approximate surface area is 90.2 Å². The minimum atomic E-state index is 1.04. The summed E-state index contributed by atoms with van der Waals surface area (Å²) in [7, 11) is 2.22. The molecule has 1 aromatic heterocycles. The fraction of sp³-hybridized carbons (Fsp3) is 0.455. The van der Waals surface area contributed by atoms with Crippen LogP contribution in [-0.4, -0.2) is 49.4 Å². The number of quaternary nitrogens is 1. The molecule has 0 aliphatic carbocycles. The summed E-state index contributed by atoms with van der Waals surface area (Å²) in [4.78, 5) is 5.63. The number of hydrazone groups is 1. The Balaban J connectivity index is 1.89. The molecule has 1 aliphatic rings. The third kappa shape index (κ3) is 3.02. The molecular weight excluding hydrogens is 188 g/mol. The van der Waals surface area contributed by atoms with E-state index < -0.39 is 0 Å². The van der Waals surface area contributed by atoms with Crippen LogP contribution >= 0.6 is 0 Å². The van der Waals surface area contributed by atoms with Gasteiger partial charge in [-0.25, -0.2) is 0 Å². The van der Waals surface area contributed by atoms with Crippen LogP contribution in [-0.2, 0) is 0 Å². The van der Waals surface area contributed by atoms with Crippen LogP contribution in [0.2, 0.25) is 0 Å². The van der Waals surface area contributed by atoms with Crippen LogP contribution in [0.3, 0.4) is 0 Å². The molecule has 1 aliphatic heterocycles. The van der Waals surface area contributed by atoms with E-state index in [0.29, 0.717) is 0 Å². The Hall–Kier alpha value is -1.42. The number of likely N-dealkylation sites (N-methyl/N-ethyl adjacent to an activating group) is 1. The van der Waals surface area contributed by atoms with Crippen molar-refractivity contribution in [2.45, 2.75) is 0 Å². The minimum absolute atomic E-state index is 1.04. The summed E-state index contributed by atoms with van der Waals surface area (Å²) >= 11 is 0. The molecule has 80 valence electrons. The molecule has 0 atom stereocenters. The van der Waals surface area contributed by atoms with E-state index in [-0.39, 0.29) is 0 Å². The molecule has 0 bridgehead atoms. The van der Waals surface area contributed by atoms with E-state index in [1.807, 2.05) is 24.5 Å². The summed E-state index contributed by atoms with van der Waals surface area (Å²) in [5, 5.41) is 6.57. The largest absolute Gasteiger partial charge is 0.334 e. The lowest BCUT2D eigenvalue weighted by Crippen LogP contribution is -3.11. The van der Waals surface area contributed by atoms with Gasteiger partial charge in [0.15, 0.2) is 0 Å². The van der Waals surface area contributed by atoms with Crippen LogP contribution in [0, 0.1) is 0 Å². The van der Waals surface area contributed by atoms with Gasteiger partial charge in [-0.05, 0) is 6.07 Å². The molecule has 0 unspecified atom stereocenters.